The molecule has 180 valence electrons. The van der Waals surface area contributed by atoms with Crippen LogP contribution in [-0.4, -0.2) is 47.4 Å². The average Bonchev–Trinajstić information content (AvgIpc) is 2.79. The quantitative estimate of drug-likeness (QED) is 0.515. The topological polar surface area (TPSA) is 72.4 Å². The molecule has 3 heterocycles. The Bertz CT molecular complexity index is 1150. The first-order valence-electron chi connectivity index (χ1n) is 10.6. The first kappa shape index (κ1) is 23.7. The van der Waals surface area contributed by atoms with Gasteiger partial charge in [-0.15, -0.1) is 0 Å². The van der Waals surface area contributed by atoms with E-state index in [9.17, 15) is 17.6 Å². The van der Waals surface area contributed by atoms with Crippen molar-refractivity contribution in [2.45, 2.75) is 32.2 Å². The lowest BCUT2D eigenvalue weighted by Crippen LogP contribution is -2.46. The summed E-state index contributed by atoms with van der Waals surface area (Å²) in [5.74, 6) is -0.248. The Hall–Kier alpha value is -3.47. The highest BCUT2D eigenvalue weighted by Crippen LogP contribution is 2.34. The summed E-state index contributed by atoms with van der Waals surface area (Å²) in [4.78, 5) is 14.6. The van der Waals surface area contributed by atoms with Gasteiger partial charge in [-0.3, -0.25) is 0 Å². The van der Waals surface area contributed by atoms with Gasteiger partial charge in [0.1, 0.15) is 5.69 Å². The van der Waals surface area contributed by atoms with Crippen molar-refractivity contribution in [2.75, 3.05) is 30.4 Å². The SMILES string of the molecule is COc1ncc(-c2ccc(C(F)(F)F)cc2)cc1Nc1nc(N2C[C@@H](C)O[C@@H](C)C2)ncc1F. The highest BCUT2D eigenvalue weighted by atomic mass is 19.4. The van der Waals surface area contributed by atoms with E-state index in [1.165, 1.54) is 25.4 Å². The minimum absolute atomic E-state index is 0.0291. The third kappa shape index (κ3) is 5.19. The van der Waals surface area contributed by atoms with E-state index in [0.29, 0.717) is 35.9 Å². The van der Waals surface area contributed by atoms with Gasteiger partial charge in [-0.25, -0.2) is 14.4 Å². The molecule has 3 aromatic rings. The summed E-state index contributed by atoms with van der Waals surface area (Å²) in [5.41, 5.74) is 0.569. The molecule has 1 N–H and O–H groups in total. The molecule has 1 fully saturated rings. The minimum Gasteiger partial charge on any atom is -0.480 e. The maximum atomic E-state index is 14.6. The fourth-order valence-corrected chi connectivity index (χ4v) is 3.78. The van der Waals surface area contributed by atoms with Crippen LogP contribution >= 0.6 is 0 Å². The summed E-state index contributed by atoms with van der Waals surface area (Å²) in [6.45, 7) is 5.00. The summed E-state index contributed by atoms with van der Waals surface area (Å²) in [6, 6.07) is 6.29. The van der Waals surface area contributed by atoms with Gasteiger partial charge in [0, 0.05) is 24.8 Å². The molecule has 1 saturated heterocycles. The maximum Gasteiger partial charge on any atom is 0.416 e. The molecule has 2 aromatic heterocycles. The van der Waals surface area contributed by atoms with Crippen molar-refractivity contribution < 1.29 is 27.0 Å². The minimum atomic E-state index is -4.43. The molecule has 4 rings (SSSR count). The number of aromatic nitrogens is 3. The lowest BCUT2D eigenvalue weighted by atomic mass is 10.0. The molecule has 0 aliphatic carbocycles. The Labute approximate surface area is 193 Å². The van der Waals surface area contributed by atoms with Crippen LogP contribution in [0.25, 0.3) is 11.1 Å². The number of morpholine rings is 1. The van der Waals surface area contributed by atoms with Gasteiger partial charge in [0.25, 0.3) is 0 Å². The Morgan fingerprint density at radius 1 is 1.03 bits per heavy atom. The highest BCUT2D eigenvalue weighted by Gasteiger charge is 2.30. The van der Waals surface area contributed by atoms with Crippen molar-refractivity contribution in [3.63, 3.8) is 0 Å². The number of halogens is 4. The number of methoxy groups -OCH3 is 1. The van der Waals surface area contributed by atoms with Gasteiger partial charge < -0.3 is 19.7 Å². The summed E-state index contributed by atoms with van der Waals surface area (Å²) >= 11 is 0. The maximum absolute atomic E-state index is 14.6. The van der Waals surface area contributed by atoms with Crippen LogP contribution in [0.4, 0.5) is 35.0 Å². The van der Waals surface area contributed by atoms with E-state index in [-0.39, 0.29) is 23.9 Å². The number of anilines is 3. The Morgan fingerprint density at radius 2 is 1.71 bits per heavy atom. The third-order valence-electron chi connectivity index (χ3n) is 5.28. The van der Waals surface area contributed by atoms with Crippen molar-refractivity contribution in [1.29, 1.82) is 0 Å². The molecule has 0 spiro atoms. The number of hydrogen-bond donors (Lipinski definition) is 1. The average molecular weight is 477 g/mol. The zero-order valence-corrected chi connectivity index (χ0v) is 18.7. The van der Waals surface area contributed by atoms with Gasteiger partial charge in [-0.05, 0) is 37.6 Å². The lowest BCUT2D eigenvalue weighted by molar-refractivity contribution is -0.137. The zero-order chi connectivity index (χ0) is 24.5. The van der Waals surface area contributed by atoms with Crippen LogP contribution in [-0.2, 0) is 10.9 Å². The largest absolute Gasteiger partial charge is 0.480 e. The normalized spacial score (nSPS) is 18.6. The van der Waals surface area contributed by atoms with Gasteiger partial charge >= 0.3 is 6.18 Å². The summed E-state index contributed by atoms with van der Waals surface area (Å²) in [7, 11) is 1.41. The van der Waals surface area contributed by atoms with Crippen LogP contribution in [0.1, 0.15) is 19.4 Å². The van der Waals surface area contributed by atoms with Crippen molar-refractivity contribution in [3.05, 3.63) is 54.1 Å². The standard InChI is InChI=1S/C23H23F4N5O2/c1-13-11-32(12-14(2)34-13)22-29-10-18(24)20(31-22)30-19-8-16(9-28-21(19)33-3)15-4-6-17(7-5-15)23(25,26)27/h4-10,13-14H,11-12H2,1-3H3,(H,29,30,31)/t13-,14+. The second kappa shape index (κ2) is 9.41. The van der Waals surface area contributed by atoms with Crippen LogP contribution in [0.5, 0.6) is 5.88 Å². The smallest absolute Gasteiger partial charge is 0.416 e. The lowest BCUT2D eigenvalue weighted by Gasteiger charge is -2.35. The number of nitrogens with one attached hydrogen (secondary N) is 1. The number of rotatable bonds is 5. The predicted molar refractivity (Wildman–Crippen MR) is 119 cm³/mol. The summed E-state index contributed by atoms with van der Waals surface area (Å²) in [5, 5.41) is 2.89. The molecular formula is C23H23F4N5O2. The molecule has 0 radical (unpaired) electrons. The Morgan fingerprint density at radius 3 is 2.32 bits per heavy atom. The van der Waals surface area contributed by atoms with E-state index in [1.807, 2.05) is 18.7 Å². The van der Waals surface area contributed by atoms with Crippen molar-refractivity contribution in [2.24, 2.45) is 0 Å². The Balaban J connectivity index is 1.63. The predicted octanol–water partition coefficient (Wildman–Crippen LogP) is 5.06. The molecule has 1 aromatic carbocycles. The van der Waals surface area contributed by atoms with Crippen LogP contribution in [0.15, 0.2) is 42.7 Å². The molecule has 2 atom stereocenters. The van der Waals surface area contributed by atoms with Gasteiger partial charge in [-0.2, -0.15) is 18.2 Å². The third-order valence-corrected chi connectivity index (χ3v) is 5.28. The monoisotopic (exact) mass is 477 g/mol. The van der Waals surface area contributed by atoms with Crippen molar-refractivity contribution >= 4 is 17.5 Å². The van der Waals surface area contributed by atoms with Gasteiger partial charge in [0.15, 0.2) is 11.6 Å². The molecular weight excluding hydrogens is 454 g/mol. The molecule has 0 saturated carbocycles. The van der Waals surface area contributed by atoms with E-state index in [1.54, 1.807) is 6.07 Å². The van der Waals surface area contributed by atoms with E-state index in [0.717, 1.165) is 18.3 Å². The molecule has 34 heavy (non-hydrogen) atoms. The molecule has 7 nitrogen and oxygen atoms in total. The molecule has 11 heteroatoms. The summed E-state index contributed by atoms with van der Waals surface area (Å²) in [6.07, 6.45) is -1.95. The van der Waals surface area contributed by atoms with Crippen LogP contribution in [0.2, 0.25) is 0 Å². The van der Waals surface area contributed by atoms with E-state index >= 15 is 0 Å². The fourth-order valence-electron chi connectivity index (χ4n) is 3.78. The zero-order valence-electron chi connectivity index (χ0n) is 18.7. The number of nitrogens with zero attached hydrogens (tertiary/aromatic N) is 4. The molecule has 1 aliphatic rings. The number of benzene rings is 1. The number of hydrogen-bond acceptors (Lipinski definition) is 7. The molecule has 1 aliphatic heterocycles. The van der Waals surface area contributed by atoms with E-state index in [2.05, 4.69) is 20.3 Å². The van der Waals surface area contributed by atoms with E-state index in [4.69, 9.17) is 9.47 Å². The van der Waals surface area contributed by atoms with Crippen LogP contribution in [0.3, 0.4) is 0 Å². The van der Waals surface area contributed by atoms with Crippen molar-refractivity contribution in [3.8, 4) is 17.0 Å². The molecule has 0 unspecified atom stereocenters. The first-order chi connectivity index (χ1) is 16.1. The van der Waals surface area contributed by atoms with Crippen LogP contribution in [0, 0.1) is 5.82 Å². The Kier molecular flexibility index (Phi) is 6.56. The second-order valence-electron chi connectivity index (χ2n) is 8.01. The number of alkyl halides is 3. The fraction of sp³-hybridized carbons (Fsp3) is 0.348. The van der Waals surface area contributed by atoms with Crippen molar-refractivity contribution in [1.82, 2.24) is 15.0 Å². The number of ether oxygens (including phenoxy) is 2. The number of pyridine rings is 1. The first-order valence-corrected chi connectivity index (χ1v) is 10.6. The summed E-state index contributed by atoms with van der Waals surface area (Å²) < 4.78 is 64.2. The van der Waals surface area contributed by atoms with Gasteiger partial charge in [-0.1, -0.05) is 12.1 Å². The molecule has 0 amide bonds. The second-order valence-corrected chi connectivity index (χ2v) is 8.01. The van der Waals surface area contributed by atoms with Crippen LogP contribution < -0.4 is 15.0 Å². The van der Waals surface area contributed by atoms with E-state index < -0.39 is 17.6 Å². The van der Waals surface area contributed by atoms with Gasteiger partial charge in [0.05, 0.1) is 31.1 Å². The van der Waals surface area contributed by atoms with Gasteiger partial charge in [0.2, 0.25) is 11.8 Å². The molecule has 0 bridgehead atoms. The highest BCUT2D eigenvalue weighted by molar-refractivity contribution is 5.72.